The molecule has 3 aliphatic heterocycles. The van der Waals surface area contributed by atoms with Gasteiger partial charge in [0.2, 0.25) is 23.0 Å². The van der Waals surface area contributed by atoms with E-state index >= 15 is 0 Å². The molecule has 4 aromatic rings. The van der Waals surface area contributed by atoms with Gasteiger partial charge in [-0.25, -0.2) is 24.9 Å². The number of nitrogens with zero attached hydrogens (tertiary/aromatic N) is 5. The van der Waals surface area contributed by atoms with Crippen LogP contribution in [-0.4, -0.2) is 38.8 Å². The Kier molecular flexibility index (Phi) is 3.95. The van der Waals surface area contributed by atoms with E-state index in [2.05, 4.69) is 20.0 Å². The lowest BCUT2D eigenvalue weighted by Crippen LogP contribution is -2.40. The molecular weight excluding hydrogens is 442 g/mol. The highest BCUT2D eigenvalue weighted by molar-refractivity contribution is 6.25. The van der Waals surface area contributed by atoms with Crippen molar-refractivity contribution in [1.82, 2.24) is 14.9 Å². The van der Waals surface area contributed by atoms with Gasteiger partial charge in [0.25, 0.3) is 0 Å². The Morgan fingerprint density at radius 1 is 0.686 bits per heavy atom. The van der Waals surface area contributed by atoms with E-state index in [1.165, 1.54) is 18.5 Å². The van der Waals surface area contributed by atoms with Gasteiger partial charge in [-0.05, 0) is 35.1 Å². The van der Waals surface area contributed by atoms with Crippen molar-refractivity contribution < 1.29 is 0 Å². The summed E-state index contributed by atoms with van der Waals surface area (Å²) in [5.41, 5.74) is 4.69. The first-order valence-electron chi connectivity index (χ1n) is 10.9. The van der Waals surface area contributed by atoms with E-state index in [1.54, 1.807) is 17.0 Å². The third kappa shape index (κ3) is 3.02. The molecule has 0 saturated carbocycles. The number of H-pyrrole nitrogens is 2. The van der Waals surface area contributed by atoms with Crippen LogP contribution >= 0.6 is 0 Å². The minimum absolute atomic E-state index is 0.183. The molecule has 2 aromatic carbocycles. The van der Waals surface area contributed by atoms with E-state index < -0.39 is 0 Å². The molecule has 0 saturated heterocycles. The third-order valence-electron chi connectivity index (χ3n) is 6.08. The van der Waals surface area contributed by atoms with Crippen LogP contribution in [0.25, 0.3) is 27.5 Å². The van der Waals surface area contributed by atoms with Gasteiger partial charge >= 0.3 is 0 Å². The van der Waals surface area contributed by atoms with E-state index in [-0.39, 0.29) is 11.1 Å². The highest BCUT2D eigenvalue weighted by atomic mass is 16.1. The van der Waals surface area contributed by atoms with Crippen LogP contribution in [-0.2, 0) is 0 Å². The zero-order chi connectivity index (χ0) is 23.5. The summed E-state index contributed by atoms with van der Waals surface area (Å²) >= 11 is 0. The summed E-state index contributed by atoms with van der Waals surface area (Å²) in [5, 5.41) is 1.80. The largest absolute Gasteiger partial charge is 0.321 e. The fourth-order valence-electron chi connectivity index (χ4n) is 4.52. The van der Waals surface area contributed by atoms with Crippen molar-refractivity contribution in [3.63, 3.8) is 0 Å². The molecule has 0 spiro atoms. The molecule has 2 aromatic heterocycles. The van der Waals surface area contributed by atoms with Crippen molar-refractivity contribution in [3.8, 4) is 0 Å². The van der Waals surface area contributed by atoms with Crippen molar-refractivity contribution in [1.29, 1.82) is 0 Å². The van der Waals surface area contributed by atoms with Crippen LogP contribution in [0.4, 0.5) is 0 Å². The number of nitrogens with one attached hydrogen (secondary N) is 2. The molecule has 9 nitrogen and oxygen atoms in total. The summed E-state index contributed by atoms with van der Waals surface area (Å²) < 4.78 is 0. The second-order valence-corrected chi connectivity index (χ2v) is 8.20. The summed E-state index contributed by atoms with van der Waals surface area (Å²) in [6, 6.07) is 18.1. The maximum atomic E-state index is 12.0. The first-order chi connectivity index (χ1) is 17.1. The van der Waals surface area contributed by atoms with Crippen molar-refractivity contribution in [3.05, 3.63) is 110 Å². The molecule has 0 fully saturated rings. The number of allylic oxidation sites excluding steroid dienone is 2. The van der Waals surface area contributed by atoms with E-state index in [0.29, 0.717) is 34.4 Å². The average Bonchev–Trinajstić information content (AvgIpc) is 2.88. The quantitative estimate of drug-likeness (QED) is 0.481. The summed E-state index contributed by atoms with van der Waals surface area (Å²) in [4.78, 5) is 49.9. The lowest BCUT2D eigenvalue weighted by Gasteiger charge is -2.31. The van der Waals surface area contributed by atoms with Crippen molar-refractivity contribution in [2.24, 2.45) is 20.0 Å². The fourth-order valence-corrected chi connectivity index (χ4v) is 4.52. The molecule has 0 amide bonds. The number of benzene rings is 2. The van der Waals surface area contributed by atoms with Gasteiger partial charge < -0.3 is 9.97 Å². The molecule has 7 rings (SSSR count). The van der Waals surface area contributed by atoms with E-state index in [0.717, 1.165) is 27.6 Å². The Labute approximate surface area is 196 Å². The zero-order valence-electron chi connectivity index (χ0n) is 18.1. The molecular formula is C26H15N7O2. The molecule has 0 bridgehead atoms. The topological polar surface area (TPSA) is 118 Å². The number of guanidine groups is 2. The molecule has 166 valence electrons. The lowest BCUT2D eigenvalue weighted by molar-refractivity contribution is 0.738. The Bertz CT molecular complexity index is 1810. The molecule has 2 N–H and O–H groups in total. The number of rotatable bonds is 2. The predicted octanol–water partition coefficient (Wildman–Crippen LogP) is 3.17. The zero-order valence-corrected chi connectivity index (χ0v) is 18.1. The van der Waals surface area contributed by atoms with Crippen LogP contribution in [0.2, 0.25) is 0 Å². The number of hydrogen-bond donors (Lipinski definition) is 2. The Morgan fingerprint density at radius 2 is 1.37 bits per heavy atom. The van der Waals surface area contributed by atoms with Crippen molar-refractivity contribution in [2.45, 2.75) is 0 Å². The SMILES string of the molecule is O=c1ccc2cccc(C3=CC4=CC(c5cccc6ccc(=O)[nH]c56)=NC5=NC=NC(=N3)N45)c2[nH]1. The second-order valence-electron chi connectivity index (χ2n) is 8.20. The van der Waals surface area contributed by atoms with Gasteiger partial charge in [-0.3, -0.25) is 9.59 Å². The molecule has 0 radical (unpaired) electrons. The number of aromatic nitrogens is 2. The van der Waals surface area contributed by atoms with Crippen LogP contribution in [0.1, 0.15) is 11.1 Å². The van der Waals surface area contributed by atoms with Crippen molar-refractivity contribution >= 4 is 51.5 Å². The number of aromatic amines is 2. The minimum atomic E-state index is -0.183. The van der Waals surface area contributed by atoms with Crippen LogP contribution < -0.4 is 11.1 Å². The molecule has 9 heteroatoms. The van der Waals surface area contributed by atoms with Gasteiger partial charge in [-0.15, -0.1) is 0 Å². The second kappa shape index (κ2) is 7.16. The van der Waals surface area contributed by atoms with Crippen LogP contribution in [0.3, 0.4) is 0 Å². The normalized spacial score (nSPS) is 16.3. The number of para-hydroxylation sites is 2. The van der Waals surface area contributed by atoms with Crippen LogP contribution in [0.5, 0.6) is 0 Å². The number of aliphatic imine (C=N–C) groups is 4. The minimum Gasteiger partial charge on any atom is -0.321 e. The fraction of sp³-hybridized carbons (Fsp3) is 0. The van der Waals surface area contributed by atoms with E-state index in [4.69, 9.17) is 9.98 Å². The van der Waals surface area contributed by atoms with Gasteiger partial charge in [0, 0.05) is 23.3 Å². The Morgan fingerprint density at radius 3 is 2.11 bits per heavy atom. The highest BCUT2D eigenvalue weighted by Crippen LogP contribution is 2.32. The highest BCUT2D eigenvalue weighted by Gasteiger charge is 2.31. The maximum Gasteiger partial charge on any atom is 0.248 e. The van der Waals surface area contributed by atoms with Gasteiger partial charge in [0.15, 0.2) is 0 Å². The summed E-state index contributed by atoms with van der Waals surface area (Å²) in [7, 11) is 0. The summed E-state index contributed by atoms with van der Waals surface area (Å²) in [5.74, 6) is 0.867. The standard InChI is InChI=1S/C26H15N7O2/c34-21-9-7-14-3-1-5-17(23(14)31-21)19-11-16-12-20(30-26-28-13-27-25(29-19)33(16)26)18-6-2-4-15-8-10-22(35)32-24(15)18/h1-13H,(H,31,34)(H,32,35). The molecule has 35 heavy (non-hydrogen) atoms. The molecule has 5 heterocycles. The van der Waals surface area contributed by atoms with Gasteiger partial charge in [-0.2, -0.15) is 0 Å². The van der Waals surface area contributed by atoms with Gasteiger partial charge in [0.05, 0.1) is 28.1 Å². The smallest absolute Gasteiger partial charge is 0.248 e. The predicted molar refractivity (Wildman–Crippen MR) is 137 cm³/mol. The van der Waals surface area contributed by atoms with Gasteiger partial charge in [-0.1, -0.05) is 36.4 Å². The molecule has 0 atom stereocenters. The Balaban J connectivity index is 1.44. The van der Waals surface area contributed by atoms with Crippen LogP contribution in [0, 0.1) is 0 Å². The molecule has 0 aliphatic carbocycles. The molecule has 3 aliphatic rings. The first kappa shape index (κ1) is 19.3. The van der Waals surface area contributed by atoms with Gasteiger partial charge in [0.1, 0.15) is 6.34 Å². The number of hydrogen-bond acceptors (Lipinski definition) is 7. The van der Waals surface area contributed by atoms with E-state index in [1.807, 2.05) is 48.6 Å². The number of fused-ring (bicyclic) bond motifs is 2. The average molecular weight is 457 g/mol. The van der Waals surface area contributed by atoms with Crippen LogP contribution in [0.15, 0.2) is 108 Å². The maximum absolute atomic E-state index is 12.0. The van der Waals surface area contributed by atoms with E-state index in [9.17, 15) is 9.59 Å². The van der Waals surface area contributed by atoms with Crippen molar-refractivity contribution in [2.75, 3.05) is 0 Å². The lowest BCUT2D eigenvalue weighted by atomic mass is 10.0. The summed E-state index contributed by atoms with van der Waals surface area (Å²) in [6.07, 6.45) is 5.26. The number of pyridine rings is 2. The third-order valence-corrected chi connectivity index (χ3v) is 6.08. The summed E-state index contributed by atoms with van der Waals surface area (Å²) in [6.45, 7) is 0. The Hall–Kier alpha value is -5.18. The first-order valence-corrected chi connectivity index (χ1v) is 10.9. The monoisotopic (exact) mass is 457 g/mol. The molecule has 0 unspecified atom stereocenters.